The van der Waals surface area contributed by atoms with Crippen molar-refractivity contribution in [1.82, 2.24) is 9.97 Å². The molecule has 0 unspecified atom stereocenters. The molecule has 51 heavy (non-hydrogen) atoms. The monoisotopic (exact) mass is 864 g/mol. The Bertz CT molecular complexity index is 1990. The molecule has 0 amide bonds. The first kappa shape index (κ1) is 40.2. The molecule has 3 aromatic heterocycles. The molecule has 0 atom stereocenters. The van der Waals surface area contributed by atoms with E-state index in [2.05, 4.69) is 88.3 Å². The van der Waals surface area contributed by atoms with Crippen molar-refractivity contribution in [2.45, 2.75) is 113 Å². The van der Waals surface area contributed by atoms with E-state index in [1.165, 1.54) is 39.3 Å². The number of hydrogen-bond donors (Lipinski definition) is 1. The van der Waals surface area contributed by atoms with Crippen LogP contribution in [0.5, 0.6) is 0 Å². The number of fused-ring (bicyclic) bond motifs is 6. The van der Waals surface area contributed by atoms with Crippen LogP contribution in [0.1, 0.15) is 110 Å². The van der Waals surface area contributed by atoms with Crippen LogP contribution in [-0.4, -0.2) is 20.9 Å². The summed E-state index contributed by atoms with van der Waals surface area (Å²) in [7, 11) is 0. The van der Waals surface area contributed by atoms with Gasteiger partial charge in [0.05, 0.1) is 5.76 Å². The first-order chi connectivity index (χ1) is 23.9. The number of furan rings is 1. The Labute approximate surface area is 318 Å². The summed E-state index contributed by atoms with van der Waals surface area (Å²) in [5, 5.41) is 13.2. The molecular weight excluding hydrogens is 809 g/mol. The van der Waals surface area contributed by atoms with Crippen molar-refractivity contribution < 1.29 is 34.4 Å². The van der Waals surface area contributed by atoms with Crippen LogP contribution in [0.15, 0.2) is 71.2 Å². The molecule has 273 valence electrons. The molecule has 0 fully saturated rings. The summed E-state index contributed by atoms with van der Waals surface area (Å²) in [5.74, 6) is 2.19. The third-order valence-electron chi connectivity index (χ3n) is 10.2. The molecule has 3 heterocycles. The van der Waals surface area contributed by atoms with E-state index in [0.717, 1.165) is 78.3 Å². The van der Waals surface area contributed by atoms with Gasteiger partial charge in [0, 0.05) is 85.2 Å². The van der Waals surface area contributed by atoms with Gasteiger partial charge in [0.15, 0.2) is 5.78 Å². The first-order valence-corrected chi connectivity index (χ1v) is 18.7. The molecule has 0 saturated carbocycles. The largest absolute Gasteiger partial charge is 0.512 e. The molecule has 5 aromatic rings. The Morgan fingerprint density at radius 1 is 0.961 bits per heavy atom. The summed E-state index contributed by atoms with van der Waals surface area (Å²) < 4.78 is 6.58. The molecule has 6 heteroatoms. The number of benzene rings is 2. The van der Waals surface area contributed by atoms with Crippen LogP contribution in [0.4, 0.5) is 0 Å². The number of nitrogens with zero attached hydrogens (tertiary/aromatic N) is 2. The van der Waals surface area contributed by atoms with E-state index in [9.17, 15) is 9.90 Å². The number of allylic oxidation sites excluding steroid dienone is 2. The number of hydrogen-bond acceptors (Lipinski definition) is 5. The topological polar surface area (TPSA) is 76.2 Å². The number of ketones is 1. The molecule has 6 rings (SSSR count). The van der Waals surface area contributed by atoms with Crippen molar-refractivity contribution in [2.24, 2.45) is 17.8 Å². The van der Waals surface area contributed by atoms with Gasteiger partial charge in [-0.3, -0.25) is 14.8 Å². The maximum absolute atomic E-state index is 11.7. The number of carbonyl (C=O) groups excluding carboxylic acids is 1. The quantitative estimate of drug-likeness (QED) is 0.0860. The Morgan fingerprint density at radius 3 is 2.29 bits per heavy atom. The third-order valence-corrected chi connectivity index (χ3v) is 10.2. The van der Waals surface area contributed by atoms with E-state index >= 15 is 0 Å². The molecule has 5 nitrogen and oxygen atoms in total. The van der Waals surface area contributed by atoms with Crippen molar-refractivity contribution in [1.29, 1.82) is 0 Å². The van der Waals surface area contributed by atoms with Crippen LogP contribution in [-0.2, 0) is 49.6 Å². The fourth-order valence-corrected chi connectivity index (χ4v) is 7.39. The van der Waals surface area contributed by atoms with Gasteiger partial charge in [-0.05, 0) is 67.1 Å². The summed E-state index contributed by atoms with van der Waals surface area (Å²) in [6.07, 6.45) is 13.8. The summed E-state index contributed by atoms with van der Waals surface area (Å²) in [4.78, 5) is 21.2. The molecule has 2 aromatic carbocycles. The van der Waals surface area contributed by atoms with Crippen LogP contribution in [0.2, 0.25) is 0 Å². The fraction of sp³-hybridized carbons (Fsp3) is 0.444. The van der Waals surface area contributed by atoms with Gasteiger partial charge in [0.2, 0.25) is 0 Å². The van der Waals surface area contributed by atoms with Crippen LogP contribution in [0.3, 0.4) is 0 Å². The molecule has 1 N–H and O–H groups in total. The van der Waals surface area contributed by atoms with Crippen molar-refractivity contribution >= 4 is 27.5 Å². The normalized spacial score (nSPS) is 12.9. The summed E-state index contributed by atoms with van der Waals surface area (Å²) in [6, 6.07) is 16.5. The molecule has 0 spiro atoms. The van der Waals surface area contributed by atoms with Gasteiger partial charge in [-0.25, -0.2) is 0 Å². The fourth-order valence-electron chi connectivity index (χ4n) is 7.39. The van der Waals surface area contributed by atoms with Crippen molar-refractivity contribution in [3.8, 4) is 22.4 Å². The Morgan fingerprint density at radius 2 is 1.65 bits per heavy atom. The predicted molar refractivity (Wildman–Crippen MR) is 208 cm³/mol. The average Bonchev–Trinajstić information content (AvgIpc) is 3.48. The molecule has 1 aliphatic rings. The Balaban J connectivity index is 0.000000312. The minimum Gasteiger partial charge on any atom is -0.512 e. The van der Waals surface area contributed by atoms with Gasteiger partial charge in [0.1, 0.15) is 11.3 Å². The van der Waals surface area contributed by atoms with Gasteiger partial charge >= 0.3 is 0 Å². The molecular formula is C45H55IrN2O3-. The zero-order valence-electron chi connectivity index (χ0n) is 31.9. The van der Waals surface area contributed by atoms with Crippen LogP contribution in [0.25, 0.3) is 44.1 Å². The van der Waals surface area contributed by atoms with Crippen LogP contribution >= 0.6 is 0 Å². The molecule has 0 aliphatic heterocycles. The van der Waals surface area contributed by atoms with E-state index in [1.54, 1.807) is 0 Å². The van der Waals surface area contributed by atoms with Gasteiger partial charge in [-0.1, -0.05) is 91.5 Å². The number of aliphatic hydroxyl groups excluding tert-OH is 1. The van der Waals surface area contributed by atoms with Crippen LogP contribution < -0.4 is 0 Å². The standard InChI is InChI=1S/C32H31N2O.C13H24O2.Ir/c1-19(2)14-22-17-33-18-26-23(22)10-11-28-29(26)25-12-13-34-30(31(25)35-28)21-15-20-8-6-7-9-24(20)27(16-21)32(3,4)5;1-5-10(6-2)12(14)9-13(15)11(7-3)8-4;/h6-9,12-13,16-19H,10-11,14H2,1-5H3;9-11,14H,5-8H2,1-4H3;/q-1;;/b;12-9-;. The second-order valence-electron chi connectivity index (χ2n) is 15.2. The van der Waals surface area contributed by atoms with Crippen LogP contribution in [0, 0.1) is 23.8 Å². The van der Waals surface area contributed by atoms with Gasteiger partial charge in [-0.15, -0.1) is 29.1 Å². The summed E-state index contributed by atoms with van der Waals surface area (Å²) in [5.41, 5.74) is 9.20. The molecule has 0 saturated heterocycles. The number of rotatable bonds is 10. The maximum atomic E-state index is 11.7. The zero-order chi connectivity index (χ0) is 36.2. The zero-order valence-corrected chi connectivity index (χ0v) is 34.3. The Kier molecular flexibility index (Phi) is 13.6. The van der Waals surface area contributed by atoms with Gasteiger partial charge in [0.25, 0.3) is 0 Å². The minimum absolute atomic E-state index is 0. The smallest absolute Gasteiger partial charge is 0.162 e. The van der Waals surface area contributed by atoms with E-state index in [-0.39, 0.29) is 48.9 Å². The predicted octanol–water partition coefficient (Wildman–Crippen LogP) is 12.0. The number of aryl methyl sites for hydroxylation is 1. The molecule has 1 radical (unpaired) electrons. The average molecular weight is 864 g/mol. The first-order valence-electron chi connectivity index (χ1n) is 18.7. The van der Waals surface area contributed by atoms with E-state index in [0.29, 0.717) is 5.92 Å². The van der Waals surface area contributed by atoms with Gasteiger partial charge in [-0.2, -0.15) is 0 Å². The van der Waals surface area contributed by atoms with Crippen molar-refractivity contribution in [3.05, 3.63) is 95.3 Å². The number of aliphatic hydroxyl groups is 1. The second-order valence-corrected chi connectivity index (χ2v) is 15.2. The SMILES string of the molecule is CC(C)Cc1cncc2c1CCc1oc3c(-c4[c-]c5ccccc5c(C(C)(C)C)c4)nccc3c1-2.CCC(CC)C(=O)/C=C(\O)C(CC)CC.[Ir]. The van der Waals surface area contributed by atoms with Gasteiger partial charge < -0.3 is 9.52 Å². The molecule has 1 aliphatic carbocycles. The van der Waals surface area contributed by atoms with E-state index in [4.69, 9.17) is 9.40 Å². The van der Waals surface area contributed by atoms with Crippen molar-refractivity contribution in [3.63, 3.8) is 0 Å². The minimum atomic E-state index is -0.00280. The Hall–Kier alpha value is -3.60. The number of pyridine rings is 2. The summed E-state index contributed by atoms with van der Waals surface area (Å²) >= 11 is 0. The molecule has 0 bridgehead atoms. The summed E-state index contributed by atoms with van der Waals surface area (Å²) in [6.45, 7) is 19.4. The number of carbonyl (C=O) groups is 1. The van der Waals surface area contributed by atoms with E-state index < -0.39 is 0 Å². The van der Waals surface area contributed by atoms with Crippen molar-refractivity contribution in [2.75, 3.05) is 0 Å². The maximum Gasteiger partial charge on any atom is 0.162 e. The third kappa shape index (κ3) is 8.72. The second kappa shape index (κ2) is 17.3. The van der Waals surface area contributed by atoms with E-state index in [1.807, 2.05) is 40.1 Å². The number of aromatic nitrogens is 2.